The van der Waals surface area contributed by atoms with Gasteiger partial charge >= 0.3 is 0 Å². The van der Waals surface area contributed by atoms with Crippen LogP contribution >= 0.6 is 0 Å². The molecule has 0 saturated carbocycles. The minimum atomic E-state index is -0.385. The van der Waals surface area contributed by atoms with Crippen LogP contribution in [-0.4, -0.2) is 26.8 Å². The van der Waals surface area contributed by atoms with Gasteiger partial charge in [0.2, 0.25) is 17.7 Å². The van der Waals surface area contributed by atoms with Gasteiger partial charge in [-0.05, 0) is 19.8 Å². The van der Waals surface area contributed by atoms with E-state index in [1.54, 1.807) is 6.92 Å². The van der Waals surface area contributed by atoms with Crippen molar-refractivity contribution in [2.75, 3.05) is 0 Å². The molecule has 22 heavy (non-hydrogen) atoms. The van der Waals surface area contributed by atoms with Gasteiger partial charge in [-0.3, -0.25) is 5.41 Å². The summed E-state index contributed by atoms with van der Waals surface area (Å²) >= 11 is 0. The minimum Gasteiger partial charge on any atom is -0.471 e. The lowest BCUT2D eigenvalue weighted by Gasteiger charge is -2.03. The van der Waals surface area contributed by atoms with Crippen LogP contribution in [0.3, 0.4) is 0 Å². The fourth-order valence-corrected chi connectivity index (χ4v) is 1.95. The van der Waals surface area contributed by atoms with Gasteiger partial charge in [-0.15, -0.1) is 20.4 Å². The monoisotopic (exact) mass is 307 g/mol. The molecular weight excluding hydrogens is 286 g/mol. The molecular formula is C14H21N5O3. The molecule has 8 heteroatoms. The molecule has 0 aromatic carbocycles. The Morgan fingerprint density at radius 1 is 1.00 bits per heavy atom. The van der Waals surface area contributed by atoms with Gasteiger partial charge in [0.15, 0.2) is 12.5 Å². The van der Waals surface area contributed by atoms with Crippen LogP contribution in [0.25, 0.3) is 0 Å². The summed E-state index contributed by atoms with van der Waals surface area (Å²) in [5, 5.41) is 22.7. The number of ether oxygens (including phenoxy) is 1. The van der Waals surface area contributed by atoms with Gasteiger partial charge in [0.25, 0.3) is 5.89 Å². The Morgan fingerprint density at radius 2 is 1.64 bits per heavy atom. The van der Waals surface area contributed by atoms with E-state index in [2.05, 4.69) is 20.4 Å². The van der Waals surface area contributed by atoms with E-state index in [0.29, 0.717) is 23.6 Å². The molecule has 2 rings (SSSR count). The van der Waals surface area contributed by atoms with Crippen LogP contribution in [0.15, 0.2) is 8.83 Å². The summed E-state index contributed by atoms with van der Waals surface area (Å²) in [7, 11) is 0. The third-order valence-corrected chi connectivity index (χ3v) is 3.19. The maximum Gasteiger partial charge on any atom is 0.256 e. The van der Waals surface area contributed by atoms with Crippen molar-refractivity contribution >= 4 is 6.40 Å². The first-order valence-electron chi connectivity index (χ1n) is 7.50. The summed E-state index contributed by atoms with van der Waals surface area (Å²) in [6.45, 7) is 3.75. The first-order valence-corrected chi connectivity index (χ1v) is 7.50. The van der Waals surface area contributed by atoms with E-state index in [0.717, 1.165) is 44.9 Å². The van der Waals surface area contributed by atoms with E-state index >= 15 is 0 Å². The quantitative estimate of drug-likeness (QED) is 0.408. The van der Waals surface area contributed by atoms with Gasteiger partial charge in [-0.2, -0.15) is 0 Å². The van der Waals surface area contributed by atoms with Crippen molar-refractivity contribution in [3.63, 3.8) is 0 Å². The molecule has 0 saturated heterocycles. The molecule has 8 nitrogen and oxygen atoms in total. The second-order valence-electron chi connectivity index (χ2n) is 4.93. The lowest BCUT2D eigenvalue weighted by Crippen LogP contribution is -1.97. The Hall–Kier alpha value is -2.25. The van der Waals surface area contributed by atoms with Gasteiger partial charge in [0, 0.05) is 19.3 Å². The van der Waals surface area contributed by atoms with E-state index in [-0.39, 0.29) is 6.10 Å². The standard InChI is InChI=1S/C14H21N5O3/c1-3-11-16-17-12(21-11)7-5-4-6-8-13-18-19-14(22-13)10(2)20-9-15/h9-10,15H,3-8H2,1-2H3. The average Bonchev–Trinajstić information content (AvgIpc) is 3.16. The second-order valence-corrected chi connectivity index (χ2v) is 4.93. The number of unbranched alkanes of at least 4 members (excludes halogenated alkanes) is 2. The summed E-state index contributed by atoms with van der Waals surface area (Å²) in [6, 6.07) is 0. The van der Waals surface area contributed by atoms with E-state index in [4.69, 9.17) is 19.0 Å². The van der Waals surface area contributed by atoms with Gasteiger partial charge in [0.1, 0.15) is 0 Å². The zero-order valence-corrected chi connectivity index (χ0v) is 12.9. The van der Waals surface area contributed by atoms with Crippen molar-refractivity contribution in [2.24, 2.45) is 0 Å². The molecule has 1 atom stereocenters. The Bertz CT molecular complexity index is 581. The van der Waals surface area contributed by atoms with Gasteiger partial charge in [-0.1, -0.05) is 13.3 Å². The normalized spacial score (nSPS) is 12.3. The Kier molecular flexibility index (Phi) is 6.05. The minimum absolute atomic E-state index is 0.385. The Morgan fingerprint density at radius 3 is 2.27 bits per heavy atom. The van der Waals surface area contributed by atoms with Crippen LogP contribution in [0.1, 0.15) is 62.8 Å². The van der Waals surface area contributed by atoms with Crippen molar-refractivity contribution < 1.29 is 13.6 Å². The highest BCUT2D eigenvalue weighted by molar-refractivity contribution is 5.41. The predicted octanol–water partition coefficient (Wildman–Crippen LogP) is 2.66. The Labute approximate surface area is 128 Å². The summed E-state index contributed by atoms with van der Waals surface area (Å²) in [4.78, 5) is 0. The molecule has 2 aromatic rings. The molecule has 0 amide bonds. The highest BCUT2D eigenvalue weighted by Gasteiger charge is 2.13. The Balaban J connectivity index is 1.65. The number of hydrogen-bond donors (Lipinski definition) is 1. The smallest absolute Gasteiger partial charge is 0.256 e. The van der Waals surface area contributed by atoms with Gasteiger partial charge in [-0.25, -0.2) is 0 Å². The van der Waals surface area contributed by atoms with Crippen molar-refractivity contribution in [3.8, 4) is 0 Å². The van der Waals surface area contributed by atoms with E-state index in [1.165, 1.54) is 0 Å². The highest BCUT2D eigenvalue weighted by atomic mass is 16.5. The summed E-state index contributed by atoms with van der Waals surface area (Å²) in [6.07, 6.45) is 5.75. The summed E-state index contributed by atoms with van der Waals surface area (Å²) in [5.41, 5.74) is 0. The number of nitrogens with zero attached hydrogens (tertiary/aromatic N) is 4. The van der Waals surface area contributed by atoms with E-state index < -0.39 is 0 Å². The third kappa shape index (κ3) is 4.64. The van der Waals surface area contributed by atoms with Crippen molar-refractivity contribution in [3.05, 3.63) is 23.6 Å². The fourth-order valence-electron chi connectivity index (χ4n) is 1.95. The molecule has 1 N–H and O–H groups in total. The van der Waals surface area contributed by atoms with Gasteiger partial charge < -0.3 is 13.6 Å². The molecule has 2 heterocycles. The maximum atomic E-state index is 6.88. The second kappa shape index (κ2) is 8.26. The number of nitrogens with one attached hydrogen (secondary N) is 1. The number of aryl methyl sites for hydroxylation is 3. The lowest BCUT2D eigenvalue weighted by molar-refractivity contribution is 0.182. The number of hydrogen-bond acceptors (Lipinski definition) is 8. The van der Waals surface area contributed by atoms with E-state index in [9.17, 15) is 0 Å². The molecule has 0 radical (unpaired) electrons. The molecule has 2 aromatic heterocycles. The van der Waals surface area contributed by atoms with Crippen molar-refractivity contribution in [1.29, 1.82) is 5.41 Å². The van der Waals surface area contributed by atoms with E-state index in [1.807, 2.05) is 6.92 Å². The number of rotatable bonds is 10. The van der Waals surface area contributed by atoms with Crippen LogP contribution in [0, 0.1) is 5.41 Å². The van der Waals surface area contributed by atoms with Crippen LogP contribution in [-0.2, 0) is 24.0 Å². The average molecular weight is 307 g/mol. The number of aromatic nitrogens is 4. The zero-order chi connectivity index (χ0) is 15.8. The third-order valence-electron chi connectivity index (χ3n) is 3.19. The van der Waals surface area contributed by atoms with Gasteiger partial charge in [0.05, 0.1) is 0 Å². The highest BCUT2D eigenvalue weighted by Crippen LogP contribution is 2.15. The maximum absolute atomic E-state index is 6.88. The van der Waals surface area contributed by atoms with Crippen LogP contribution in [0.4, 0.5) is 0 Å². The van der Waals surface area contributed by atoms with Crippen molar-refractivity contribution in [2.45, 2.75) is 58.5 Å². The molecule has 0 spiro atoms. The molecule has 1 unspecified atom stereocenters. The molecule has 0 aliphatic rings. The molecule has 120 valence electrons. The van der Waals surface area contributed by atoms with Crippen LogP contribution in [0.2, 0.25) is 0 Å². The molecule has 0 aliphatic carbocycles. The predicted molar refractivity (Wildman–Crippen MR) is 77.5 cm³/mol. The SMILES string of the molecule is CCc1nnc(CCCCCc2nnc(C(C)OC=N)o2)o1. The zero-order valence-electron chi connectivity index (χ0n) is 12.9. The topological polar surface area (TPSA) is 111 Å². The molecule has 0 aliphatic heterocycles. The van der Waals surface area contributed by atoms with Crippen molar-refractivity contribution in [1.82, 2.24) is 20.4 Å². The molecule has 0 bridgehead atoms. The largest absolute Gasteiger partial charge is 0.471 e. The lowest BCUT2D eigenvalue weighted by atomic mass is 10.1. The van der Waals surface area contributed by atoms with Crippen LogP contribution in [0.5, 0.6) is 0 Å². The molecule has 0 fully saturated rings. The first kappa shape index (κ1) is 16.1. The first-order chi connectivity index (χ1) is 10.7. The fraction of sp³-hybridized carbons (Fsp3) is 0.643. The summed E-state index contributed by atoms with van der Waals surface area (Å²) < 4.78 is 15.9. The summed E-state index contributed by atoms with van der Waals surface area (Å²) in [5.74, 6) is 2.39. The van der Waals surface area contributed by atoms with Crippen LogP contribution < -0.4 is 0 Å².